The zero-order valence-electron chi connectivity index (χ0n) is 12.3. The van der Waals surface area contributed by atoms with Gasteiger partial charge in [-0.05, 0) is 6.42 Å². The molecule has 0 bridgehead atoms. The molecule has 0 aliphatic heterocycles. The Morgan fingerprint density at radius 1 is 1.38 bits per heavy atom. The number of rotatable bonds is 9. The molecule has 0 saturated heterocycles. The van der Waals surface area contributed by atoms with Gasteiger partial charge in [0, 0.05) is 20.4 Å². The summed E-state index contributed by atoms with van der Waals surface area (Å²) in [5.41, 5.74) is 0. The highest BCUT2D eigenvalue weighted by molar-refractivity contribution is 7.90. The number of carboxylic acid groups (broad SMARTS) is 1. The van der Waals surface area contributed by atoms with Gasteiger partial charge in [-0.2, -0.15) is 0 Å². The van der Waals surface area contributed by atoms with Crippen molar-refractivity contribution in [1.29, 1.82) is 0 Å². The van der Waals surface area contributed by atoms with Crippen molar-refractivity contribution in [2.24, 2.45) is 0 Å². The number of aliphatic hydroxyl groups excluding tert-OH is 1. The van der Waals surface area contributed by atoms with E-state index < -0.39 is 34.0 Å². The summed E-state index contributed by atoms with van der Waals surface area (Å²) in [6.07, 6.45) is -0.139. The summed E-state index contributed by atoms with van der Waals surface area (Å²) in [6, 6.07) is -2.03. The second-order valence-electron chi connectivity index (χ2n) is 4.75. The Labute approximate surface area is 123 Å². The van der Waals surface area contributed by atoms with E-state index in [9.17, 15) is 23.1 Å². The van der Waals surface area contributed by atoms with Crippen molar-refractivity contribution < 1.29 is 33.0 Å². The van der Waals surface area contributed by atoms with Gasteiger partial charge in [-0.25, -0.2) is 18.0 Å². The number of nitrogens with one attached hydrogen (secondary N) is 1. The average Bonchev–Trinajstić information content (AvgIpc) is 2.32. The van der Waals surface area contributed by atoms with Crippen LogP contribution in [0.5, 0.6) is 0 Å². The lowest BCUT2D eigenvalue weighted by atomic mass is 10.2. The van der Waals surface area contributed by atoms with Gasteiger partial charge in [-0.3, -0.25) is 0 Å². The van der Waals surface area contributed by atoms with E-state index in [4.69, 9.17) is 9.84 Å². The molecule has 21 heavy (non-hydrogen) atoms. The number of carbonyl (C=O) groups excluding carboxylic acids is 1. The number of aliphatic hydroxyl groups is 1. The number of sulfone groups is 1. The molecule has 0 aliphatic rings. The van der Waals surface area contributed by atoms with Gasteiger partial charge in [0.05, 0.1) is 25.0 Å². The van der Waals surface area contributed by atoms with Crippen LogP contribution in [0, 0.1) is 0 Å². The smallest absolute Gasteiger partial charge is 0.326 e. The molecule has 10 heteroatoms. The second-order valence-corrected chi connectivity index (χ2v) is 7.01. The molecule has 0 heterocycles. The molecule has 0 spiro atoms. The van der Waals surface area contributed by atoms with E-state index in [1.54, 1.807) is 0 Å². The summed E-state index contributed by atoms with van der Waals surface area (Å²) in [5.74, 6) is -1.67. The fourth-order valence-corrected chi connectivity index (χ4v) is 2.16. The summed E-state index contributed by atoms with van der Waals surface area (Å²) in [4.78, 5) is 23.9. The first kappa shape index (κ1) is 19.6. The molecule has 3 N–H and O–H groups in total. The summed E-state index contributed by atoms with van der Waals surface area (Å²) >= 11 is 0. The molecule has 0 fully saturated rings. The van der Waals surface area contributed by atoms with Crippen LogP contribution in [-0.4, -0.2) is 87.0 Å². The number of hydrogen-bond acceptors (Lipinski definition) is 6. The van der Waals surface area contributed by atoms with Crippen LogP contribution >= 0.6 is 0 Å². The fourth-order valence-electron chi connectivity index (χ4n) is 1.49. The average molecular weight is 326 g/mol. The summed E-state index contributed by atoms with van der Waals surface area (Å²) in [6.45, 7) is -0.00779. The maximum Gasteiger partial charge on any atom is 0.326 e. The van der Waals surface area contributed by atoms with Gasteiger partial charge in [-0.1, -0.05) is 0 Å². The van der Waals surface area contributed by atoms with Gasteiger partial charge < -0.3 is 25.2 Å². The lowest BCUT2D eigenvalue weighted by Gasteiger charge is -2.23. The predicted octanol–water partition coefficient (Wildman–Crippen LogP) is -1.48. The predicted molar refractivity (Wildman–Crippen MR) is 74.8 cm³/mol. The second kappa shape index (κ2) is 8.80. The van der Waals surface area contributed by atoms with Gasteiger partial charge in [0.2, 0.25) is 0 Å². The number of amides is 2. The van der Waals surface area contributed by atoms with Crippen molar-refractivity contribution in [3.05, 3.63) is 0 Å². The molecule has 0 aromatic heterocycles. The Kier molecular flexibility index (Phi) is 8.22. The lowest BCUT2D eigenvalue weighted by molar-refractivity contribution is -0.139. The third-order valence-electron chi connectivity index (χ3n) is 2.56. The van der Waals surface area contributed by atoms with Gasteiger partial charge in [0.1, 0.15) is 15.9 Å². The van der Waals surface area contributed by atoms with Crippen LogP contribution in [-0.2, 0) is 19.4 Å². The van der Waals surface area contributed by atoms with Gasteiger partial charge in [0.25, 0.3) is 0 Å². The van der Waals surface area contributed by atoms with Crippen LogP contribution < -0.4 is 5.32 Å². The third kappa shape index (κ3) is 9.21. The third-order valence-corrected chi connectivity index (χ3v) is 3.54. The van der Waals surface area contributed by atoms with Crippen molar-refractivity contribution >= 4 is 21.8 Å². The molecule has 0 aliphatic carbocycles. The van der Waals surface area contributed by atoms with Gasteiger partial charge in [-0.15, -0.1) is 0 Å². The minimum Gasteiger partial charge on any atom is -0.480 e. The van der Waals surface area contributed by atoms with E-state index in [0.29, 0.717) is 0 Å². The van der Waals surface area contributed by atoms with E-state index in [-0.39, 0.29) is 25.3 Å². The molecular weight excluding hydrogens is 304 g/mol. The lowest BCUT2D eigenvalue weighted by Crippen LogP contribution is -2.49. The molecule has 0 radical (unpaired) electrons. The Hall–Kier alpha value is -1.39. The Morgan fingerprint density at radius 3 is 2.38 bits per heavy atom. The molecule has 0 aromatic rings. The number of nitrogens with zero attached hydrogens (tertiary/aromatic N) is 1. The molecule has 9 nitrogen and oxygen atoms in total. The van der Waals surface area contributed by atoms with Crippen molar-refractivity contribution in [1.82, 2.24) is 10.2 Å². The van der Waals surface area contributed by atoms with Crippen LogP contribution in [0.2, 0.25) is 0 Å². The number of carboxylic acids is 1. The maximum absolute atomic E-state index is 11.8. The number of carbonyl (C=O) groups is 2. The topological polar surface area (TPSA) is 133 Å². The number of hydrogen-bond donors (Lipinski definition) is 3. The van der Waals surface area contributed by atoms with Crippen molar-refractivity contribution in [2.75, 3.05) is 39.3 Å². The number of methoxy groups -OCH3 is 1. The molecular formula is C11H22N2O7S. The molecule has 0 rings (SSSR count). The highest BCUT2D eigenvalue weighted by Gasteiger charge is 2.23. The molecule has 2 atom stereocenters. The first-order valence-electron chi connectivity index (χ1n) is 6.16. The zero-order valence-corrected chi connectivity index (χ0v) is 13.1. The van der Waals surface area contributed by atoms with Crippen molar-refractivity contribution in [3.8, 4) is 0 Å². The van der Waals surface area contributed by atoms with Crippen LogP contribution in [0.3, 0.4) is 0 Å². The molecule has 124 valence electrons. The van der Waals surface area contributed by atoms with E-state index in [1.807, 2.05) is 0 Å². The number of urea groups is 1. The zero-order chi connectivity index (χ0) is 16.6. The van der Waals surface area contributed by atoms with Crippen LogP contribution in [0.25, 0.3) is 0 Å². The van der Waals surface area contributed by atoms with Crippen LogP contribution in [0.15, 0.2) is 0 Å². The SMILES string of the molecule is COCC(O)CN(C)C(=O)NC(CCS(C)(=O)=O)C(=O)O. The Bertz CT molecular complexity index is 451. The largest absolute Gasteiger partial charge is 0.480 e. The highest BCUT2D eigenvalue weighted by atomic mass is 32.2. The van der Waals surface area contributed by atoms with Gasteiger partial charge in [0.15, 0.2) is 0 Å². The van der Waals surface area contributed by atoms with Crippen LogP contribution in [0.4, 0.5) is 4.79 Å². The van der Waals surface area contributed by atoms with Gasteiger partial charge >= 0.3 is 12.0 Å². The summed E-state index contributed by atoms with van der Waals surface area (Å²) in [7, 11) is -0.543. The highest BCUT2D eigenvalue weighted by Crippen LogP contribution is 1.99. The first-order chi connectivity index (χ1) is 9.56. The number of ether oxygens (including phenoxy) is 1. The normalized spacial score (nSPS) is 14.3. The van der Waals surface area contributed by atoms with E-state index >= 15 is 0 Å². The van der Waals surface area contributed by atoms with E-state index in [1.165, 1.54) is 14.2 Å². The number of aliphatic carboxylic acids is 1. The summed E-state index contributed by atoms with van der Waals surface area (Å²) in [5, 5.41) is 20.7. The quantitative estimate of drug-likeness (QED) is 0.470. The first-order valence-corrected chi connectivity index (χ1v) is 8.22. The minimum atomic E-state index is -3.32. The van der Waals surface area contributed by atoms with Crippen molar-refractivity contribution in [3.63, 3.8) is 0 Å². The minimum absolute atomic E-state index is 0.0358. The Morgan fingerprint density at radius 2 is 1.95 bits per heavy atom. The molecule has 2 unspecified atom stereocenters. The molecule has 0 saturated carbocycles. The van der Waals surface area contributed by atoms with Crippen LogP contribution in [0.1, 0.15) is 6.42 Å². The maximum atomic E-state index is 11.8. The summed E-state index contributed by atoms with van der Waals surface area (Å²) < 4.78 is 26.8. The molecule has 0 aromatic carbocycles. The number of likely N-dealkylation sites (N-methyl/N-ethyl adjacent to an activating group) is 1. The fraction of sp³-hybridized carbons (Fsp3) is 0.818. The molecule has 2 amide bonds. The standard InChI is InChI=1S/C11H22N2O7S/c1-13(6-8(14)7-20-2)11(17)12-9(10(15)16)4-5-21(3,18)19/h8-9,14H,4-7H2,1-3H3,(H,12,17)(H,15,16). The van der Waals surface area contributed by atoms with Crippen molar-refractivity contribution in [2.45, 2.75) is 18.6 Å². The van der Waals surface area contributed by atoms with E-state index in [0.717, 1.165) is 11.2 Å². The Balaban J connectivity index is 4.50. The van der Waals surface area contributed by atoms with E-state index in [2.05, 4.69) is 5.32 Å². The monoisotopic (exact) mass is 326 g/mol.